The molecule has 0 spiro atoms. The zero-order chi connectivity index (χ0) is 16.5. The average Bonchev–Trinajstić information content (AvgIpc) is 3.07. The van der Waals surface area contributed by atoms with E-state index in [0.717, 1.165) is 23.2 Å². The number of rotatable bonds is 4. The van der Waals surface area contributed by atoms with Crippen molar-refractivity contribution in [2.45, 2.75) is 42.4 Å². The van der Waals surface area contributed by atoms with Gasteiger partial charge in [-0.1, -0.05) is 19.3 Å². The highest BCUT2D eigenvalue weighted by Crippen LogP contribution is 2.40. The van der Waals surface area contributed by atoms with E-state index >= 15 is 0 Å². The normalized spacial score (nSPS) is 17.7. The third-order valence-electron chi connectivity index (χ3n) is 4.51. The number of carbonyl (C=O) groups is 1. The van der Waals surface area contributed by atoms with Crippen molar-refractivity contribution < 1.29 is 18.3 Å². The quantitative estimate of drug-likeness (QED) is 0.927. The first-order valence-electron chi connectivity index (χ1n) is 7.55. The lowest BCUT2D eigenvalue weighted by Gasteiger charge is -2.33. The molecule has 3 rings (SSSR count). The summed E-state index contributed by atoms with van der Waals surface area (Å²) in [4.78, 5) is 15.9. The first-order chi connectivity index (χ1) is 11.0. The molecule has 2 aromatic rings. The van der Waals surface area contributed by atoms with E-state index in [9.17, 15) is 18.3 Å². The first-order valence-corrected chi connectivity index (χ1v) is 8.99. The van der Waals surface area contributed by atoms with Gasteiger partial charge in [0.15, 0.2) is 0 Å². The summed E-state index contributed by atoms with van der Waals surface area (Å²) in [7, 11) is -3.86. The number of carboxylic acids is 1. The Morgan fingerprint density at radius 2 is 1.91 bits per heavy atom. The molecule has 1 saturated carbocycles. The van der Waals surface area contributed by atoms with Crippen LogP contribution >= 0.6 is 0 Å². The Hall–Kier alpha value is -2.15. The Morgan fingerprint density at radius 1 is 1.17 bits per heavy atom. The van der Waals surface area contributed by atoms with E-state index < -0.39 is 21.4 Å². The average molecular weight is 334 g/mol. The molecule has 1 fully saturated rings. The van der Waals surface area contributed by atoms with Gasteiger partial charge in [-0.25, -0.2) is 12.4 Å². The van der Waals surface area contributed by atoms with Crippen molar-refractivity contribution in [2.75, 3.05) is 0 Å². The number of aliphatic carboxylic acids is 1. The van der Waals surface area contributed by atoms with Gasteiger partial charge < -0.3 is 5.11 Å². The van der Waals surface area contributed by atoms with Gasteiger partial charge in [0.2, 0.25) is 0 Å². The maximum absolute atomic E-state index is 12.9. The Bertz CT molecular complexity index is 806. The lowest BCUT2D eigenvalue weighted by molar-refractivity contribution is -0.145. The van der Waals surface area contributed by atoms with Crippen LogP contribution in [-0.2, 0) is 20.2 Å². The molecule has 7 heteroatoms. The van der Waals surface area contributed by atoms with Gasteiger partial charge >= 0.3 is 5.97 Å². The van der Waals surface area contributed by atoms with Gasteiger partial charge in [0, 0.05) is 18.6 Å². The molecular formula is C16H18N2O4S. The molecule has 0 aliphatic heterocycles. The fourth-order valence-electron chi connectivity index (χ4n) is 3.29. The van der Waals surface area contributed by atoms with Crippen LogP contribution in [0.25, 0.3) is 0 Å². The zero-order valence-corrected chi connectivity index (χ0v) is 13.4. The summed E-state index contributed by atoms with van der Waals surface area (Å²) >= 11 is 0. The van der Waals surface area contributed by atoms with Crippen LogP contribution in [0.1, 0.15) is 37.8 Å². The minimum absolute atomic E-state index is 0.0498. The second kappa shape index (κ2) is 5.81. The number of carboxylic acid groups (broad SMARTS) is 1. The van der Waals surface area contributed by atoms with Gasteiger partial charge in [-0.05, 0) is 37.1 Å². The molecule has 0 aromatic carbocycles. The van der Waals surface area contributed by atoms with Crippen LogP contribution < -0.4 is 0 Å². The third-order valence-corrected chi connectivity index (χ3v) is 6.18. The Labute approximate surface area is 134 Å². The molecule has 23 heavy (non-hydrogen) atoms. The minimum atomic E-state index is -3.86. The summed E-state index contributed by atoms with van der Waals surface area (Å²) in [5.41, 5.74) is -0.814. The van der Waals surface area contributed by atoms with Crippen LogP contribution in [0.4, 0.5) is 0 Å². The van der Waals surface area contributed by atoms with Gasteiger partial charge in [0.1, 0.15) is 10.3 Å². The lowest BCUT2D eigenvalue weighted by Crippen LogP contribution is -2.40. The highest BCUT2D eigenvalue weighted by Gasteiger charge is 2.44. The third kappa shape index (κ3) is 2.55. The number of hydrogen-bond donors (Lipinski definition) is 1. The van der Waals surface area contributed by atoms with Crippen LogP contribution in [-0.4, -0.2) is 28.5 Å². The van der Waals surface area contributed by atoms with Crippen molar-refractivity contribution >= 4 is 16.0 Å². The molecule has 0 atom stereocenters. The van der Waals surface area contributed by atoms with Gasteiger partial charge in [-0.3, -0.25) is 9.78 Å². The summed E-state index contributed by atoms with van der Waals surface area (Å²) in [5, 5.41) is 9.80. The van der Waals surface area contributed by atoms with Crippen LogP contribution in [0.2, 0.25) is 0 Å². The van der Waals surface area contributed by atoms with Crippen molar-refractivity contribution in [1.29, 1.82) is 0 Å². The molecule has 0 radical (unpaired) electrons. The largest absolute Gasteiger partial charge is 0.481 e. The summed E-state index contributed by atoms with van der Waals surface area (Å²) < 4.78 is 26.8. The van der Waals surface area contributed by atoms with E-state index in [-0.39, 0.29) is 4.90 Å². The van der Waals surface area contributed by atoms with Gasteiger partial charge in [0.25, 0.3) is 10.0 Å². The maximum atomic E-state index is 12.9. The molecule has 0 amide bonds. The standard InChI is InChI=1S/C16H18N2O4S/c19-15(20)16(8-2-1-3-9-16)14-7-5-11-18(14)23(21,22)13-6-4-10-17-12-13/h4-7,10-12H,1-3,8-9H2,(H,19,20). The lowest BCUT2D eigenvalue weighted by atomic mass is 9.72. The number of aromatic nitrogens is 2. The molecule has 0 saturated heterocycles. The Balaban J connectivity index is 2.14. The van der Waals surface area contributed by atoms with Crippen molar-refractivity contribution in [2.24, 2.45) is 0 Å². The first kappa shape index (κ1) is 15.7. The smallest absolute Gasteiger partial charge is 0.315 e. The number of pyridine rings is 1. The fraction of sp³-hybridized carbons (Fsp3) is 0.375. The van der Waals surface area contributed by atoms with Gasteiger partial charge in [-0.15, -0.1) is 0 Å². The molecule has 1 aliphatic carbocycles. The Kier molecular flexibility index (Phi) is 3.97. The number of hydrogen-bond acceptors (Lipinski definition) is 4. The van der Waals surface area contributed by atoms with Crippen LogP contribution in [0, 0.1) is 0 Å². The second-order valence-corrected chi connectivity index (χ2v) is 7.65. The van der Waals surface area contributed by atoms with E-state index in [1.807, 2.05) is 0 Å². The number of nitrogens with zero attached hydrogens (tertiary/aromatic N) is 2. The van der Waals surface area contributed by atoms with E-state index in [1.54, 1.807) is 18.2 Å². The highest BCUT2D eigenvalue weighted by molar-refractivity contribution is 7.90. The predicted octanol–water partition coefficient (Wildman–Crippen LogP) is 2.41. The molecule has 122 valence electrons. The van der Waals surface area contributed by atoms with Gasteiger partial charge in [-0.2, -0.15) is 0 Å². The maximum Gasteiger partial charge on any atom is 0.315 e. The SMILES string of the molecule is O=C(O)C1(c2cccn2S(=O)(=O)c2cccnc2)CCCCC1. The summed E-state index contributed by atoms with van der Waals surface area (Å²) in [5.74, 6) is -0.960. The van der Waals surface area contributed by atoms with E-state index in [0.29, 0.717) is 18.5 Å². The Morgan fingerprint density at radius 3 is 2.52 bits per heavy atom. The topological polar surface area (TPSA) is 89.3 Å². The van der Waals surface area contributed by atoms with Crippen LogP contribution in [0.15, 0.2) is 47.8 Å². The van der Waals surface area contributed by atoms with Crippen molar-refractivity contribution in [3.8, 4) is 0 Å². The molecular weight excluding hydrogens is 316 g/mol. The van der Waals surface area contributed by atoms with E-state index in [4.69, 9.17) is 0 Å². The minimum Gasteiger partial charge on any atom is -0.481 e. The summed E-state index contributed by atoms with van der Waals surface area (Å²) in [6.45, 7) is 0. The molecule has 1 N–H and O–H groups in total. The van der Waals surface area contributed by atoms with E-state index in [1.165, 1.54) is 24.7 Å². The fourth-order valence-corrected chi connectivity index (χ4v) is 4.69. The van der Waals surface area contributed by atoms with Crippen molar-refractivity contribution in [1.82, 2.24) is 8.96 Å². The van der Waals surface area contributed by atoms with Crippen LogP contribution in [0.3, 0.4) is 0 Å². The zero-order valence-electron chi connectivity index (χ0n) is 12.6. The molecule has 1 aliphatic rings. The summed E-state index contributed by atoms with van der Waals surface area (Å²) in [6.07, 6.45) is 7.63. The van der Waals surface area contributed by atoms with E-state index in [2.05, 4.69) is 4.98 Å². The molecule has 0 bridgehead atoms. The molecule has 2 aromatic heterocycles. The van der Waals surface area contributed by atoms with Crippen LogP contribution in [0.5, 0.6) is 0 Å². The van der Waals surface area contributed by atoms with Gasteiger partial charge in [0.05, 0.1) is 5.69 Å². The summed E-state index contributed by atoms with van der Waals surface area (Å²) in [6, 6.07) is 6.19. The molecule has 6 nitrogen and oxygen atoms in total. The van der Waals surface area contributed by atoms with Crippen molar-refractivity contribution in [3.63, 3.8) is 0 Å². The monoisotopic (exact) mass is 334 g/mol. The molecule has 2 heterocycles. The second-order valence-electron chi connectivity index (χ2n) is 5.83. The predicted molar refractivity (Wildman–Crippen MR) is 83.7 cm³/mol. The highest BCUT2D eigenvalue weighted by atomic mass is 32.2. The van der Waals surface area contributed by atoms with Crippen molar-refractivity contribution in [3.05, 3.63) is 48.5 Å². The molecule has 0 unspecified atom stereocenters.